The van der Waals surface area contributed by atoms with Gasteiger partial charge >= 0.3 is 0 Å². The Labute approximate surface area is 211 Å². The van der Waals surface area contributed by atoms with Gasteiger partial charge in [-0.25, -0.2) is 4.68 Å². The van der Waals surface area contributed by atoms with Crippen molar-refractivity contribution in [1.29, 1.82) is 0 Å². The molecule has 3 aromatic carbocycles. The van der Waals surface area contributed by atoms with Gasteiger partial charge in [-0.1, -0.05) is 78.0 Å². The van der Waals surface area contributed by atoms with E-state index in [1.54, 1.807) is 4.68 Å². The molecule has 1 aliphatic heterocycles. The summed E-state index contributed by atoms with van der Waals surface area (Å²) in [7, 11) is 0. The van der Waals surface area contributed by atoms with E-state index in [0.717, 1.165) is 33.8 Å². The summed E-state index contributed by atoms with van der Waals surface area (Å²) in [6, 6.07) is 25.1. The topological polar surface area (TPSA) is 56.2 Å². The SMILES string of the molecule is O=C1NC(=S)S/C1=C\c1cn(-c2ccccc2)nc1-c1cccc(OCc2ccc(Cl)cc2)c1. The van der Waals surface area contributed by atoms with Crippen LogP contribution in [0.5, 0.6) is 5.75 Å². The summed E-state index contributed by atoms with van der Waals surface area (Å²) in [6.07, 6.45) is 3.73. The Kier molecular flexibility index (Phi) is 6.49. The Morgan fingerprint density at radius 1 is 1.06 bits per heavy atom. The Bertz CT molecular complexity index is 1400. The number of thioether (sulfide) groups is 1. The molecular formula is C26H18ClN3O2S2. The molecule has 0 radical (unpaired) electrons. The molecule has 4 aromatic rings. The third kappa shape index (κ3) is 5.07. The molecule has 5 nitrogen and oxygen atoms in total. The zero-order chi connectivity index (χ0) is 23.5. The van der Waals surface area contributed by atoms with Gasteiger partial charge in [0.05, 0.1) is 10.6 Å². The van der Waals surface area contributed by atoms with Gasteiger partial charge in [0.2, 0.25) is 0 Å². The predicted molar refractivity (Wildman–Crippen MR) is 141 cm³/mol. The molecule has 1 amide bonds. The minimum absolute atomic E-state index is 0.201. The molecule has 1 fully saturated rings. The Morgan fingerprint density at radius 3 is 2.59 bits per heavy atom. The van der Waals surface area contributed by atoms with Crippen LogP contribution in [0.2, 0.25) is 5.02 Å². The lowest BCUT2D eigenvalue weighted by atomic mass is 10.1. The minimum atomic E-state index is -0.201. The second-order valence-electron chi connectivity index (χ2n) is 7.51. The van der Waals surface area contributed by atoms with E-state index < -0.39 is 0 Å². The van der Waals surface area contributed by atoms with E-state index in [4.69, 9.17) is 33.7 Å². The van der Waals surface area contributed by atoms with E-state index >= 15 is 0 Å². The van der Waals surface area contributed by atoms with Gasteiger partial charge in [-0.2, -0.15) is 5.10 Å². The number of rotatable bonds is 6. The molecule has 5 rings (SSSR count). The molecule has 168 valence electrons. The number of hydrogen-bond donors (Lipinski definition) is 1. The first-order chi connectivity index (χ1) is 16.5. The highest BCUT2D eigenvalue weighted by Crippen LogP contribution is 2.32. The van der Waals surface area contributed by atoms with Crippen molar-refractivity contribution in [2.24, 2.45) is 0 Å². The largest absolute Gasteiger partial charge is 0.489 e. The third-order valence-corrected chi connectivity index (χ3v) is 6.53. The first kappa shape index (κ1) is 22.4. The highest BCUT2D eigenvalue weighted by atomic mass is 35.5. The molecule has 34 heavy (non-hydrogen) atoms. The number of hydrogen-bond acceptors (Lipinski definition) is 5. The van der Waals surface area contributed by atoms with Crippen molar-refractivity contribution in [3.05, 3.63) is 106 Å². The number of nitrogens with one attached hydrogen (secondary N) is 1. The second kappa shape index (κ2) is 9.85. The zero-order valence-corrected chi connectivity index (χ0v) is 20.2. The molecule has 0 atom stereocenters. The van der Waals surface area contributed by atoms with Crippen LogP contribution in [0.15, 0.2) is 90.0 Å². The Hall–Kier alpha value is -3.39. The van der Waals surface area contributed by atoms with Crippen molar-refractivity contribution in [2.75, 3.05) is 0 Å². The lowest BCUT2D eigenvalue weighted by molar-refractivity contribution is -0.115. The van der Waals surface area contributed by atoms with Crippen LogP contribution in [0.1, 0.15) is 11.1 Å². The average molecular weight is 504 g/mol. The molecule has 0 spiro atoms. The van der Waals surface area contributed by atoms with Crippen molar-refractivity contribution >= 4 is 51.9 Å². The summed E-state index contributed by atoms with van der Waals surface area (Å²) < 4.78 is 8.27. The van der Waals surface area contributed by atoms with Crippen LogP contribution < -0.4 is 10.1 Å². The summed E-state index contributed by atoms with van der Waals surface area (Å²) in [4.78, 5) is 12.8. The summed E-state index contributed by atoms with van der Waals surface area (Å²) in [5.41, 5.74) is 4.36. The van der Waals surface area contributed by atoms with E-state index in [-0.39, 0.29) is 5.91 Å². The predicted octanol–water partition coefficient (Wildman–Crippen LogP) is 6.26. The van der Waals surface area contributed by atoms with Gasteiger partial charge in [0.15, 0.2) is 0 Å². The first-order valence-electron chi connectivity index (χ1n) is 10.4. The normalized spacial score (nSPS) is 14.4. The number of nitrogens with zero attached hydrogens (tertiary/aromatic N) is 2. The van der Waals surface area contributed by atoms with Crippen LogP contribution in [0.4, 0.5) is 0 Å². The van der Waals surface area contributed by atoms with Crippen LogP contribution in [0.25, 0.3) is 23.0 Å². The molecule has 1 aliphatic rings. The molecule has 0 unspecified atom stereocenters. The van der Waals surface area contributed by atoms with Crippen LogP contribution in [0, 0.1) is 0 Å². The third-order valence-electron chi connectivity index (χ3n) is 5.12. The number of aromatic nitrogens is 2. The van der Waals surface area contributed by atoms with Gasteiger partial charge in [0.25, 0.3) is 5.91 Å². The number of ether oxygens (including phenoxy) is 1. The number of amides is 1. The van der Waals surface area contributed by atoms with Crippen molar-refractivity contribution in [3.63, 3.8) is 0 Å². The summed E-state index contributed by atoms with van der Waals surface area (Å²) in [6.45, 7) is 0.421. The van der Waals surface area contributed by atoms with E-state index in [1.807, 2.05) is 91.1 Å². The highest BCUT2D eigenvalue weighted by molar-refractivity contribution is 8.26. The molecular weight excluding hydrogens is 486 g/mol. The average Bonchev–Trinajstić information content (AvgIpc) is 3.42. The molecule has 2 heterocycles. The van der Waals surface area contributed by atoms with Crippen molar-refractivity contribution in [2.45, 2.75) is 6.61 Å². The smallest absolute Gasteiger partial charge is 0.263 e. The van der Waals surface area contributed by atoms with Gasteiger partial charge in [-0.3, -0.25) is 4.79 Å². The van der Waals surface area contributed by atoms with Gasteiger partial charge in [-0.15, -0.1) is 0 Å². The standard InChI is InChI=1S/C26H18ClN3O2S2/c27-20-11-9-17(10-12-20)16-32-22-8-4-5-18(13-22)24-19(14-23-25(31)28-26(33)34-23)15-30(29-24)21-6-2-1-3-7-21/h1-15H,16H2,(H,28,31,33)/b23-14-. The van der Waals surface area contributed by atoms with Crippen LogP contribution in [0.3, 0.4) is 0 Å². The minimum Gasteiger partial charge on any atom is -0.489 e. The molecule has 8 heteroatoms. The van der Waals surface area contributed by atoms with Crippen molar-refractivity contribution in [1.82, 2.24) is 15.1 Å². The summed E-state index contributed by atoms with van der Waals surface area (Å²) >= 11 is 12.4. The molecule has 1 N–H and O–H groups in total. The lowest BCUT2D eigenvalue weighted by Crippen LogP contribution is -2.17. The van der Waals surface area contributed by atoms with E-state index in [9.17, 15) is 4.79 Å². The maximum Gasteiger partial charge on any atom is 0.263 e. The maximum atomic E-state index is 12.3. The Morgan fingerprint density at radius 2 is 1.85 bits per heavy atom. The number of thiocarbonyl (C=S) groups is 1. The number of carbonyl (C=O) groups excluding carboxylic acids is 1. The summed E-state index contributed by atoms with van der Waals surface area (Å²) in [5, 5.41) is 8.19. The molecule has 1 saturated heterocycles. The van der Waals surface area contributed by atoms with E-state index in [2.05, 4.69) is 5.32 Å². The number of benzene rings is 3. The van der Waals surface area contributed by atoms with Crippen molar-refractivity contribution < 1.29 is 9.53 Å². The Balaban J connectivity index is 1.49. The maximum absolute atomic E-state index is 12.3. The fourth-order valence-electron chi connectivity index (χ4n) is 3.47. The fraction of sp³-hybridized carbons (Fsp3) is 0.0385. The number of para-hydroxylation sites is 1. The van der Waals surface area contributed by atoms with Crippen LogP contribution in [-0.4, -0.2) is 20.0 Å². The molecule has 0 saturated carbocycles. The highest BCUT2D eigenvalue weighted by Gasteiger charge is 2.23. The zero-order valence-electron chi connectivity index (χ0n) is 17.8. The molecule has 0 aliphatic carbocycles. The van der Waals surface area contributed by atoms with E-state index in [1.165, 1.54) is 11.8 Å². The lowest BCUT2D eigenvalue weighted by Gasteiger charge is -2.08. The monoisotopic (exact) mass is 503 g/mol. The van der Waals surface area contributed by atoms with Crippen LogP contribution >= 0.6 is 35.6 Å². The van der Waals surface area contributed by atoms with Gasteiger partial charge in [-0.05, 0) is 48.0 Å². The van der Waals surface area contributed by atoms with Gasteiger partial charge < -0.3 is 10.1 Å². The number of carbonyl (C=O) groups is 1. The number of halogens is 1. The quantitative estimate of drug-likeness (QED) is 0.248. The first-order valence-corrected chi connectivity index (χ1v) is 12.0. The van der Waals surface area contributed by atoms with Gasteiger partial charge in [0, 0.05) is 22.3 Å². The second-order valence-corrected chi connectivity index (χ2v) is 9.66. The molecule has 1 aromatic heterocycles. The summed E-state index contributed by atoms with van der Waals surface area (Å²) in [5.74, 6) is 0.517. The van der Waals surface area contributed by atoms with Crippen LogP contribution in [-0.2, 0) is 11.4 Å². The molecule has 0 bridgehead atoms. The van der Waals surface area contributed by atoms with E-state index in [0.29, 0.717) is 20.9 Å². The van der Waals surface area contributed by atoms with Crippen molar-refractivity contribution in [3.8, 4) is 22.7 Å². The van der Waals surface area contributed by atoms with Gasteiger partial charge in [0.1, 0.15) is 22.4 Å². The fourth-order valence-corrected chi connectivity index (χ4v) is 4.63.